The monoisotopic (exact) mass is 413 g/mol. The van der Waals surface area contributed by atoms with Crippen LogP contribution in [-0.4, -0.2) is 47.5 Å². The first-order valence-corrected chi connectivity index (χ1v) is 9.84. The van der Waals surface area contributed by atoms with Gasteiger partial charge in [0.2, 0.25) is 5.91 Å². The molecule has 0 fully saturated rings. The highest BCUT2D eigenvalue weighted by molar-refractivity contribution is 5.87. The van der Waals surface area contributed by atoms with E-state index in [0.717, 1.165) is 5.56 Å². The Morgan fingerprint density at radius 1 is 1.14 bits per heavy atom. The van der Waals surface area contributed by atoms with Gasteiger partial charge >= 0.3 is 0 Å². The van der Waals surface area contributed by atoms with Crippen LogP contribution < -0.4 is 16.8 Å². The minimum absolute atomic E-state index is 0.0563. The Morgan fingerprint density at radius 3 is 2.28 bits per heavy atom. The first-order chi connectivity index (χ1) is 13.4. The van der Waals surface area contributed by atoms with Gasteiger partial charge in [-0.3, -0.25) is 9.59 Å². The maximum absolute atomic E-state index is 14.1. The molecule has 0 aliphatic heterocycles. The van der Waals surface area contributed by atoms with Crippen LogP contribution in [0.4, 0.5) is 8.78 Å². The van der Waals surface area contributed by atoms with Gasteiger partial charge in [0.1, 0.15) is 6.10 Å². The first-order valence-electron chi connectivity index (χ1n) is 9.84. The predicted octanol–water partition coefficient (Wildman–Crippen LogP) is 1.64. The van der Waals surface area contributed by atoms with E-state index in [1.807, 2.05) is 32.0 Å². The number of ketones is 1. The number of amides is 1. The van der Waals surface area contributed by atoms with Crippen molar-refractivity contribution in [2.24, 2.45) is 23.3 Å². The number of carbonyl (C=O) groups is 2. The normalized spacial score (nSPS) is 16.2. The fourth-order valence-corrected chi connectivity index (χ4v) is 3.03. The number of aliphatic hydroxyl groups is 1. The summed E-state index contributed by atoms with van der Waals surface area (Å²) in [6.45, 7) is 4.23. The standard InChI is InChI=1S/C21H33F2N3O3/c1-13(2)9-16(24)20(29)21(22,23)12-26-18(28)10-14(3)19(25)17(27)11-15-7-5-4-6-8-15/h4-8,13-14,16,19-20,29H,9-12,24-25H2,1-3H3,(H,26,28)/t14-,16?,19?,20?/m1/s1. The van der Waals surface area contributed by atoms with E-state index in [0.29, 0.717) is 0 Å². The van der Waals surface area contributed by atoms with Gasteiger partial charge in [-0.25, -0.2) is 8.78 Å². The minimum Gasteiger partial charge on any atom is -0.385 e. The molecule has 0 aliphatic carbocycles. The number of rotatable bonds is 12. The molecule has 0 spiro atoms. The summed E-state index contributed by atoms with van der Waals surface area (Å²) in [7, 11) is 0. The Balaban J connectivity index is 2.50. The van der Waals surface area contributed by atoms with Crippen LogP contribution in [0.1, 0.15) is 39.2 Å². The van der Waals surface area contributed by atoms with Crippen LogP contribution in [0.5, 0.6) is 0 Å². The van der Waals surface area contributed by atoms with Crippen LogP contribution in [0.3, 0.4) is 0 Å². The number of hydrogen-bond donors (Lipinski definition) is 4. The summed E-state index contributed by atoms with van der Waals surface area (Å²) >= 11 is 0. The van der Waals surface area contributed by atoms with Gasteiger partial charge in [-0.1, -0.05) is 51.1 Å². The third-order valence-corrected chi connectivity index (χ3v) is 4.82. The molecule has 0 heterocycles. The molecule has 8 heteroatoms. The van der Waals surface area contributed by atoms with E-state index >= 15 is 0 Å². The van der Waals surface area contributed by atoms with Gasteiger partial charge in [0.25, 0.3) is 5.92 Å². The zero-order valence-electron chi connectivity index (χ0n) is 17.3. The van der Waals surface area contributed by atoms with Gasteiger partial charge in [0.05, 0.1) is 12.6 Å². The molecule has 1 aromatic carbocycles. The molecule has 0 radical (unpaired) electrons. The Bertz CT molecular complexity index is 656. The Morgan fingerprint density at radius 2 is 1.72 bits per heavy atom. The number of alkyl halides is 2. The number of aliphatic hydroxyl groups excluding tert-OH is 1. The van der Waals surface area contributed by atoms with Crippen LogP contribution in [0.15, 0.2) is 30.3 Å². The molecule has 0 saturated heterocycles. The SMILES string of the molecule is CC(C)CC(N)C(O)C(F)(F)CNC(=O)C[C@@H](C)C(N)C(=O)Cc1ccccc1. The fourth-order valence-electron chi connectivity index (χ4n) is 3.03. The minimum atomic E-state index is -3.56. The molecular weight excluding hydrogens is 380 g/mol. The summed E-state index contributed by atoms with van der Waals surface area (Å²) in [6.07, 6.45) is -1.85. The van der Waals surface area contributed by atoms with Crippen LogP contribution in [0.2, 0.25) is 0 Å². The van der Waals surface area contributed by atoms with Crippen molar-refractivity contribution in [2.45, 2.75) is 64.1 Å². The highest BCUT2D eigenvalue weighted by Crippen LogP contribution is 2.22. The molecule has 0 aromatic heterocycles. The van der Waals surface area contributed by atoms with E-state index < -0.39 is 42.5 Å². The maximum atomic E-state index is 14.1. The van der Waals surface area contributed by atoms with Crippen molar-refractivity contribution in [2.75, 3.05) is 6.54 Å². The Labute approximate surface area is 171 Å². The summed E-state index contributed by atoms with van der Waals surface area (Å²) in [5.74, 6) is -4.91. The number of carbonyl (C=O) groups excluding carboxylic acids is 2. The number of Topliss-reactive ketones (excluding diaryl/α,β-unsaturated/α-hetero) is 1. The topological polar surface area (TPSA) is 118 Å². The van der Waals surface area contributed by atoms with E-state index in [4.69, 9.17) is 11.5 Å². The summed E-state index contributed by atoms with van der Waals surface area (Å²) in [5.41, 5.74) is 12.4. The first kappa shape index (κ1) is 25.1. The largest absolute Gasteiger partial charge is 0.385 e. The molecule has 0 bridgehead atoms. The smallest absolute Gasteiger partial charge is 0.291 e. The van der Waals surface area contributed by atoms with Crippen molar-refractivity contribution in [1.82, 2.24) is 5.32 Å². The molecule has 29 heavy (non-hydrogen) atoms. The molecule has 0 saturated carbocycles. The van der Waals surface area contributed by atoms with Gasteiger partial charge < -0.3 is 21.9 Å². The second-order valence-corrected chi connectivity index (χ2v) is 8.11. The number of halogens is 2. The highest BCUT2D eigenvalue weighted by Gasteiger charge is 2.42. The molecule has 164 valence electrons. The molecule has 1 amide bonds. The van der Waals surface area contributed by atoms with E-state index in [-0.39, 0.29) is 31.0 Å². The van der Waals surface area contributed by atoms with Crippen molar-refractivity contribution < 1.29 is 23.5 Å². The molecule has 1 rings (SSSR count). The van der Waals surface area contributed by atoms with E-state index in [1.54, 1.807) is 19.1 Å². The number of nitrogens with one attached hydrogen (secondary N) is 1. The molecule has 1 aromatic rings. The van der Waals surface area contributed by atoms with Gasteiger partial charge in [0.15, 0.2) is 5.78 Å². The molecular formula is C21H33F2N3O3. The predicted molar refractivity (Wildman–Crippen MR) is 108 cm³/mol. The zero-order valence-corrected chi connectivity index (χ0v) is 17.3. The summed E-state index contributed by atoms with van der Waals surface area (Å²) < 4.78 is 28.2. The van der Waals surface area contributed by atoms with Crippen molar-refractivity contribution in [1.29, 1.82) is 0 Å². The van der Waals surface area contributed by atoms with Gasteiger partial charge in [-0.05, 0) is 23.8 Å². The van der Waals surface area contributed by atoms with Crippen molar-refractivity contribution in [3.05, 3.63) is 35.9 Å². The van der Waals surface area contributed by atoms with E-state index in [1.165, 1.54) is 0 Å². The fraction of sp³-hybridized carbons (Fsp3) is 0.619. The number of benzene rings is 1. The number of hydrogen-bond acceptors (Lipinski definition) is 5. The lowest BCUT2D eigenvalue weighted by atomic mass is 9.92. The molecule has 6 nitrogen and oxygen atoms in total. The van der Waals surface area contributed by atoms with E-state index in [2.05, 4.69) is 5.32 Å². The lowest BCUT2D eigenvalue weighted by Crippen LogP contribution is -2.53. The van der Waals surface area contributed by atoms with Crippen LogP contribution in [0.25, 0.3) is 0 Å². The van der Waals surface area contributed by atoms with Crippen molar-refractivity contribution in [3.63, 3.8) is 0 Å². The second-order valence-electron chi connectivity index (χ2n) is 8.11. The van der Waals surface area contributed by atoms with Gasteiger partial charge in [0, 0.05) is 18.9 Å². The van der Waals surface area contributed by atoms with Crippen molar-refractivity contribution >= 4 is 11.7 Å². The lowest BCUT2D eigenvalue weighted by Gasteiger charge is -2.28. The highest BCUT2D eigenvalue weighted by atomic mass is 19.3. The maximum Gasteiger partial charge on any atom is 0.291 e. The Kier molecular flexibility index (Phi) is 9.82. The number of nitrogens with two attached hydrogens (primary N) is 2. The molecule has 0 aliphatic rings. The molecule has 3 unspecified atom stereocenters. The zero-order chi connectivity index (χ0) is 22.2. The quantitative estimate of drug-likeness (QED) is 0.415. The van der Waals surface area contributed by atoms with Crippen LogP contribution in [0, 0.1) is 11.8 Å². The molecule has 6 N–H and O–H groups in total. The lowest BCUT2D eigenvalue weighted by molar-refractivity contribution is -0.133. The summed E-state index contributed by atoms with van der Waals surface area (Å²) in [4.78, 5) is 24.3. The third kappa shape index (κ3) is 8.55. The summed E-state index contributed by atoms with van der Waals surface area (Å²) in [5, 5.41) is 11.9. The molecule has 4 atom stereocenters. The Hall–Kier alpha value is -1.90. The van der Waals surface area contributed by atoms with Gasteiger partial charge in [-0.2, -0.15) is 0 Å². The van der Waals surface area contributed by atoms with E-state index in [9.17, 15) is 23.5 Å². The third-order valence-electron chi connectivity index (χ3n) is 4.82. The van der Waals surface area contributed by atoms with Crippen LogP contribution >= 0.6 is 0 Å². The van der Waals surface area contributed by atoms with Crippen LogP contribution in [-0.2, 0) is 16.0 Å². The van der Waals surface area contributed by atoms with Gasteiger partial charge in [-0.15, -0.1) is 0 Å². The average Bonchev–Trinajstić information content (AvgIpc) is 2.65. The second kappa shape index (κ2) is 11.3. The van der Waals surface area contributed by atoms with Crippen molar-refractivity contribution in [3.8, 4) is 0 Å². The average molecular weight is 414 g/mol. The summed E-state index contributed by atoms with van der Waals surface area (Å²) in [6, 6.07) is 7.10.